The zero-order valence-corrected chi connectivity index (χ0v) is 10.8. The third-order valence-electron chi connectivity index (χ3n) is 2.09. The van der Waals surface area contributed by atoms with Crippen LogP contribution in [0.3, 0.4) is 0 Å². The molecule has 2 N–H and O–H groups in total. The van der Waals surface area contributed by atoms with Crippen LogP contribution in [0.1, 0.15) is 26.3 Å². The van der Waals surface area contributed by atoms with Gasteiger partial charge >= 0.3 is 6.09 Å². The number of aromatic hydroxyl groups is 1. The lowest BCUT2D eigenvalue weighted by atomic mass is 10.1. The Morgan fingerprint density at radius 1 is 1.44 bits per heavy atom. The normalized spacial score (nSPS) is 11.1. The first-order valence-electron chi connectivity index (χ1n) is 5.72. The van der Waals surface area contributed by atoms with Crippen molar-refractivity contribution < 1.29 is 19.0 Å². The van der Waals surface area contributed by atoms with Gasteiger partial charge in [0.25, 0.3) is 0 Å². The van der Waals surface area contributed by atoms with Gasteiger partial charge in [0, 0.05) is 6.54 Å². The minimum Gasteiger partial charge on any atom is -0.505 e. The summed E-state index contributed by atoms with van der Waals surface area (Å²) in [6.45, 7) is 5.69. The molecular weight excluding hydrogens is 237 g/mol. The highest BCUT2D eigenvalue weighted by molar-refractivity contribution is 5.67. The smallest absolute Gasteiger partial charge is 0.407 e. The van der Waals surface area contributed by atoms with Gasteiger partial charge in [0.15, 0.2) is 11.6 Å². The van der Waals surface area contributed by atoms with Crippen molar-refractivity contribution in [2.24, 2.45) is 0 Å². The summed E-state index contributed by atoms with van der Waals surface area (Å²) in [7, 11) is 0. The Morgan fingerprint density at radius 3 is 2.67 bits per heavy atom. The van der Waals surface area contributed by atoms with Gasteiger partial charge in [-0.3, -0.25) is 0 Å². The highest BCUT2D eigenvalue weighted by Crippen LogP contribution is 2.16. The molecule has 18 heavy (non-hydrogen) atoms. The molecule has 0 aliphatic rings. The van der Waals surface area contributed by atoms with Crippen molar-refractivity contribution in [1.82, 2.24) is 5.32 Å². The molecule has 1 amide bonds. The first-order chi connectivity index (χ1) is 8.28. The van der Waals surface area contributed by atoms with Crippen molar-refractivity contribution in [3.63, 3.8) is 0 Å². The number of ether oxygens (including phenoxy) is 1. The minimum atomic E-state index is -0.662. The van der Waals surface area contributed by atoms with E-state index >= 15 is 0 Å². The third kappa shape index (κ3) is 5.03. The number of carbonyl (C=O) groups is 1. The molecule has 5 heteroatoms. The summed E-state index contributed by atoms with van der Waals surface area (Å²) < 4.78 is 18.1. The summed E-state index contributed by atoms with van der Waals surface area (Å²) in [6.07, 6.45) is -0.0297. The molecule has 1 aromatic carbocycles. The Labute approximate surface area is 106 Å². The maximum absolute atomic E-state index is 13.0. The number of hydrogen-bond donors (Lipinski definition) is 2. The van der Waals surface area contributed by atoms with E-state index in [9.17, 15) is 9.18 Å². The largest absolute Gasteiger partial charge is 0.505 e. The van der Waals surface area contributed by atoms with Crippen molar-refractivity contribution in [2.75, 3.05) is 6.54 Å². The standard InChI is InChI=1S/C13H18FNO3/c1-13(2,3)18-12(17)15-7-6-9-4-5-11(16)10(14)8-9/h4-5,8,16H,6-7H2,1-3H3,(H,15,17). The maximum atomic E-state index is 13.0. The molecule has 0 atom stereocenters. The number of amides is 1. The number of nitrogens with one attached hydrogen (secondary N) is 1. The van der Waals surface area contributed by atoms with Gasteiger partial charge in [0.1, 0.15) is 5.60 Å². The third-order valence-corrected chi connectivity index (χ3v) is 2.09. The molecule has 0 heterocycles. The van der Waals surface area contributed by atoms with Crippen LogP contribution in [0.5, 0.6) is 5.75 Å². The fraction of sp³-hybridized carbons (Fsp3) is 0.462. The summed E-state index contributed by atoms with van der Waals surface area (Å²) >= 11 is 0. The Bertz CT molecular complexity index is 427. The Morgan fingerprint density at radius 2 is 2.11 bits per heavy atom. The van der Waals surface area contributed by atoms with Crippen LogP contribution in [-0.2, 0) is 11.2 Å². The number of phenolic OH excluding ortho intramolecular Hbond substituents is 1. The van der Waals surface area contributed by atoms with Crippen molar-refractivity contribution in [3.8, 4) is 5.75 Å². The topological polar surface area (TPSA) is 58.6 Å². The van der Waals surface area contributed by atoms with Crippen LogP contribution in [-0.4, -0.2) is 23.3 Å². The van der Waals surface area contributed by atoms with Gasteiger partial charge in [-0.25, -0.2) is 9.18 Å². The number of halogens is 1. The molecule has 100 valence electrons. The lowest BCUT2D eigenvalue weighted by molar-refractivity contribution is 0.0528. The maximum Gasteiger partial charge on any atom is 0.407 e. The molecule has 0 aliphatic carbocycles. The summed E-state index contributed by atoms with van der Waals surface area (Å²) in [5.41, 5.74) is 0.163. The van der Waals surface area contributed by atoms with Crippen molar-refractivity contribution in [3.05, 3.63) is 29.6 Å². The van der Waals surface area contributed by atoms with Gasteiger partial charge < -0.3 is 15.2 Å². The zero-order valence-electron chi connectivity index (χ0n) is 10.8. The second-order valence-electron chi connectivity index (χ2n) is 4.96. The zero-order chi connectivity index (χ0) is 13.8. The SMILES string of the molecule is CC(C)(C)OC(=O)NCCc1ccc(O)c(F)c1. The first kappa shape index (κ1) is 14.3. The fourth-order valence-corrected chi connectivity index (χ4v) is 1.33. The van der Waals surface area contributed by atoms with Crippen LogP contribution in [0.4, 0.5) is 9.18 Å². The molecular formula is C13H18FNO3. The number of phenols is 1. The quantitative estimate of drug-likeness (QED) is 0.872. The highest BCUT2D eigenvalue weighted by Gasteiger charge is 2.15. The molecule has 0 aromatic heterocycles. The van der Waals surface area contributed by atoms with E-state index in [1.807, 2.05) is 0 Å². The predicted octanol–water partition coefficient (Wildman–Crippen LogP) is 2.60. The number of alkyl carbamates (subject to hydrolysis) is 1. The average molecular weight is 255 g/mol. The van der Waals surface area contributed by atoms with Crippen molar-refractivity contribution >= 4 is 6.09 Å². The van der Waals surface area contributed by atoms with Crippen LogP contribution in [0, 0.1) is 5.82 Å². The van der Waals surface area contributed by atoms with E-state index in [0.717, 1.165) is 0 Å². The second-order valence-corrected chi connectivity index (χ2v) is 4.96. The van der Waals surface area contributed by atoms with Crippen molar-refractivity contribution in [2.45, 2.75) is 32.8 Å². The lowest BCUT2D eigenvalue weighted by Crippen LogP contribution is -2.33. The van der Waals surface area contributed by atoms with E-state index in [2.05, 4.69) is 5.32 Å². The van der Waals surface area contributed by atoms with Crippen LogP contribution in [0.2, 0.25) is 0 Å². The lowest BCUT2D eigenvalue weighted by Gasteiger charge is -2.19. The van der Waals surface area contributed by atoms with Gasteiger partial charge in [-0.2, -0.15) is 0 Å². The van der Waals surface area contributed by atoms with E-state index < -0.39 is 17.5 Å². The Kier molecular flexibility index (Phi) is 4.53. The molecule has 4 nitrogen and oxygen atoms in total. The molecule has 1 rings (SSSR count). The van der Waals surface area contributed by atoms with E-state index in [4.69, 9.17) is 9.84 Å². The Balaban J connectivity index is 2.38. The molecule has 0 spiro atoms. The number of hydrogen-bond acceptors (Lipinski definition) is 3. The van der Waals surface area contributed by atoms with Crippen LogP contribution in [0.25, 0.3) is 0 Å². The van der Waals surface area contributed by atoms with Crippen LogP contribution >= 0.6 is 0 Å². The number of benzene rings is 1. The van der Waals surface area contributed by atoms with Gasteiger partial charge in [0.2, 0.25) is 0 Å². The molecule has 0 saturated carbocycles. The molecule has 0 saturated heterocycles. The molecule has 0 fully saturated rings. The average Bonchev–Trinajstić information content (AvgIpc) is 2.20. The van der Waals surface area contributed by atoms with Gasteiger partial charge in [-0.15, -0.1) is 0 Å². The van der Waals surface area contributed by atoms with E-state index in [0.29, 0.717) is 18.5 Å². The number of rotatable bonds is 3. The summed E-state index contributed by atoms with van der Waals surface area (Å²) in [6, 6.07) is 4.14. The number of carbonyl (C=O) groups excluding carboxylic acids is 1. The van der Waals surface area contributed by atoms with E-state index in [1.54, 1.807) is 26.8 Å². The molecule has 0 bridgehead atoms. The Hall–Kier alpha value is -1.78. The fourth-order valence-electron chi connectivity index (χ4n) is 1.33. The second kappa shape index (κ2) is 5.71. The summed E-state index contributed by atoms with van der Waals surface area (Å²) in [5, 5.41) is 11.6. The first-order valence-corrected chi connectivity index (χ1v) is 5.72. The molecule has 1 aromatic rings. The van der Waals surface area contributed by atoms with Gasteiger partial charge in [0.05, 0.1) is 0 Å². The monoisotopic (exact) mass is 255 g/mol. The van der Waals surface area contributed by atoms with Crippen LogP contribution < -0.4 is 5.32 Å². The highest BCUT2D eigenvalue weighted by atomic mass is 19.1. The molecule has 0 radical (unpaired) electrons. The molecule has 0 aliphatic heterocycles. The van der Waals surface area contributed by atoms with Crippen molar-refractivity contribution in [1.29, 1.82) is 0 Å². The van der Waals surface area contributed by atoms with E-state index in [-0.39, 0.29) is 5.75 Å². The van der Waals surface area contributed by atoms with Gasteiger partial charge in [-0.05, 0) is 44.9 Å². The van der Waals surface area contributed by atoms with Crippen LogP contribution in [0.15, 0.2) is 18.2 Å². The predicted molar refractivity (Wildman–Crippen MR) is 66.0 cm³/mol. The summed E-state index contributed by atoms with van der Waals surface area (Å²) in [5.74, 6) is -1.04. The van der Waals surface area contributed by atoms with Gasteiger partial charge in [-0.1, -0.05) is 6.07 Å². The molecule has 0 unspecified atom stereocenters. The van der Waals surface area contributed by atoms with E-state index in [1.165, 1.54) is 12.1 Å². The summed E-state index contributed by atoms with van der Waals surface area (Å²) in [4.78, 5) is 11.3. The minimum absolute atomic E-state index is 0.346.